The molecule has 0 heterocycles. The highest BCUT2D eigenvalue weighted by Gasteiger charge is 2.06. The summed E-state index contributed by atoms with van der Waals surface area (Å²) >= 11 is 0. The molecule has 0 spiro atoms. The van der Waals surface area contributed by atoms with Crippen LogP contribution in [0, 0.1) is 27.7 Å². The predicted octanol–water partition coefficient (Wildman–Crippen LogP) is 6.42. The molecule has 0 aromatic heterocycles. The van der Waals surface area contributed by atoms with Gasteiger partial charge in [0.1, 0.15) is 0 Å². The molecule has 0 unspecified atom stereocenters. The van der Waals surface area contributed by atoms with Crippen molar-refractivity contribution in [3.63, 3.8) is 0 Å². The molecule has 0 aliphatic rings. The third kappa shape index (κ3) is 9.68. The first-order valence-electron chi connectivity index (χ1n) is 12.1. The Morgan fingerprint density at radius 3 is 1.27 bits per heavy atom. The van der Waals surface area contributed by atoms with Crippen LogP contribution in [0.2, 0.25) is 0 Å². The van der Waals surface area contributed by atoms with Gasteiger partial charge in [-0.3, -0.25) is 9.59 Å². The van der Waals surface area contributed by atoms with Gasteiger partial charge < -0.3 is 0 Å². The molecule has 2 N–H and O–H groups in total. The fraction of sp³-hybridized carbons (Fsp3) is 0.226. The third-order valence-corrected chi connectivity index (χ3v) is 5.81. The molecule has 0 saturated carbocycles. The van der Waals surface area contributed by atoms with E-state index in [0.717, 1.165) is 33.4 Å². The van der Waals surface area contributed by atoms with Crippen molar-refractivity contribution in [2.75, 3.05) is 0 Å². The highest BCUT2D eigenvalue weighted by atomic mass is 16.2. The van der Waals surface area contributed by atoms with Crippen molar-refractivity contribution in [2.24, 2.45) is 10.2 Å². The summed E-state index contributed by atoms with van der Waals surface area (Å²) in [6, 6.07) is 18.4. The topological polar surface area (TPSA) is 82.9 Å². The van der Waals surface area contributed by atoms with Crippen molar-refractivity contribution >= 4 is 24.2 Å². The molecule has 0 radical (unpaired) electrons. The van der Waals surface area contributed by atoms with Crippen LogP contribution in [-0.2, 0) is 0 Å². The zero-order chi connectivity index (χ0) is 27.4. The lowest BCUT2D eigenvalue weighted by Gasteiger charge is -2.04. The number of rotatable bonds is 6. The van der Waals surface area contributed by atoms with Crippen LogP contribution in [0.4, 0.5) is 0 Å². The van der Waals surface area contributed by atoms with Crippen LogP contribution in [-0.4, -0.2) is 24.2 Å². The van der Waals surface area contributed by atoms with E-state index in [4.69, 9.17) is 0 Å². The fourth-order valence-corrected chi connectivity index (χ4v) is 2.89. The number of carbonyl (C=O) groups is 2. The number of nitrogens with zero attached hydrogens (tertiary/aromatic N) is 2. The van der Waals surface area contributed by atoms with E-state index in [0.29, 0.717) is 11.1 Å². The molecular weight excluding hydrogens is 460 g/mol. The predicted molar refractivity (Wildman–Crippen MR) is 153 cm³/mol. The fourth-order valence-electron chi connectivity index (χ4n) is 2.89. The number of hydrogen-bond acceptors (Lipinski definition) is 4. The lowest BCUT2D eigenvalue weighted by Crippen LogP contribution is -2.18. The quantitative estimate of drug-likeness (QED) is 0.234. The first-order chi connectivity index (χ1) is 17.6. The molecule has 6 nitrogen and oxygen atoms in total. The molecule has 3 aromatic carbocycles. The second kappa shape index (κ2) is 14.3. The maximum absolute atomic E-state index is 12.2. The van der Waals surface area contributed by atoms with E-state index in [-0.39, 0.29) is 11.8 Å². The lowest BCUT2D eigenvalue weighted by atomic mass is 10.1. The third-order valence-electron chi connectivity index (χ3n) is 5.81. The lowest BCUT2D eigenvalue weighted by molar-refractivity contribution is 0.0947. The van der Waals surface area contributed by atoms with E-state index in [1.807, 2.05) is 83.1 Å². The zero-order valence-corrected chi connectivity index (χ0v) is 22.7. The summed E-state index contributed by atoms with van der Waals surface area (Å²) in [6.45, 7) is 14.1. The molecule has 6 heteroatoms. The van der Waals surface area contributed by atoms with Crippen molar-refractivity contribution in [3.05, 3.63) is 117 Å². The van der Waals surface area contributed by atoms with E-state index in [1.165, 1.54) is 5.57 Å². The molecule has 0 bridgehead atoms. The molecule has 3 rings (SSSR count). The molecular formula is C31H36N4O2. The van der Waals surface area contributed by atoms with E-state index in [9.17, 15) is 9.59 Å². The Kier molecular flexibility index (Phi) is 11.2. The largest absolute Gasteiger partial charge is 0.271 e. The highest BCUT2D eigenvalue weighted by Crippen LogP contribution is 2.10. The van der Waals surface area contributed by atoms with Gasteiger partial charge in [0.05, 0.1) is 12.4 Å². The Morgan fingerprint density at radius 1 is 0.622 bits per heavy atom. The molecule has 3 aromatic rings. The van der Waals surface area contributed by atoms with Crippen molar-refractivity contribution in [1.82, 2.24) is 10.9 Å². The van der Waals surface area contributed by atoms with Crippen LogP contribution in [0.1, 0.15) is 74.9 Å². The minimum atomic E-state index is -0.257. The summed E-state index contributed by atoms with van der Waals surface area (Å²) in [5.74, 6) is -0.514. The summed E-state index contributed by atoms with van der Waals surface area (Å²) < 4.78 is 0. The van der Waals surface area contributed by atoms with E-state index < -0.39 is 0 Å². The number of nitrogens with one attached hydrogen (secondary N) is 2. The number of benzene rings is 3. The Balaban J connectivity index is 0.000000877. The van der Waals surface area contributed by atoms with Crippen molar-refractivity contribution in [3.8, 4) is 0 Å². The number of carbonyl (C=O) groups excluding carboxylic acids is 2. The minimum Gasteiger partial charge on any atom is -0.267 e. The SMILES string of the molecule is CC=C(C)C.Cc1ccc(C(=O)N/N=C/c2ccc(/C=N/NC(=O)c3ccc(C)c(C)c3)cc2)cc1C. The Hall–Kier alpha value is -4.32. The molecule has 0 fully saturated rings. The molecule has 0 saturated heterocycles. The number of hydrogen-bond donors (Lipinski definition) is 2. The summed E-state index contributed by atoms with van der Waals surface area (Å²) in [6.07, 6.45) is 5.22. The monoisotopic (exact) mass is 496 g/mol. The second-order valence-electron chi connectivity index (χ2n) is 9.03. The molecule has 2 amide bonds. The molecule has 37 heavy (non-hydrogen) atoms. The highest BCUT2D eigenvalue weighted by molar-refractivity contribution is 5.96. The molecule has 192 valence electrons. The normalized spacial score (nSPS) is 10.6. The van der Waals surface area contributed by atoms with Crippen LogP contribution >= 0.6 is 0 Å². The van der Waals surface area contributed by atoms with Crippen LogP contribution in [0.25, 0.3) is 0 Å². The van der Waals surface area contributed by atoms with Gasteiger partial charge in [0.2, 0.25) is 0 Å². The van der Waals surface area contributed by atoms with Gasteiger partial charge >= 0.3 is 0 Å². The van der Waals surface area contributed by atoms with Gasteiger partial charge in [0.25, 0.3) is 11.8 Å². The second-order valence-corrected chi connectivity index (χ2v) is 9.03. The molecule has 0 atom stereocenters. The Morgan fingerprint density at radius 2 is 0.973 bits per heavy atom. The van der Waals surface area contributed by atoms with E-state index >= 15 is 0 Å². The van der Waals surface area contributed by atoms with E-state index in [2.05, 4.69) is 41.0 Å². The van der Waals surface area contributed by atoms with Crippen LogP contribution < -0.4 is 10.9 Å². The minimum absolute atomic E-state index is 0.257. The van der Waals surface area contributed by atoms with Crippen molar-refractivity contribution < 1.29 is 9.59 Å². The average molecular weight is 497 g/mol. The standard InChI is InChI=1S/C26H26N4O2.C5H10/c1-17-5-11-23(13-19(17)3)25(31)29-27-15-21-7-9-22(10-8-21)16-28-30-26(32)24-12-6-18(2)20(4)14-24;1-4-5(2)3/h5-16H,1-4H3,(H,29,31)(H,30,32);4H,1-3H3/b27-15+,28-16+;. The van der Waals surface area contributed by atoms with Crippen LogP contribution in [0.5, 0.6) is 0 Å². The van der Waals surface area contributed by atoms with Gasteiger partial charge in [-0.25, -0.2) is 10.9 Å². The van der Waals surface area contributed by atoms with Gasteiger partial charge in [-0.2, -0.15) is 10.2 Å². The van der Waals surface area contributed by atoms with Gasteiger partial charge in [-0.1, -0.05) is 48.0 Å². The molecule has 0 aliphatic heterocycles. The van der Waals surface area contributed by atoms with Crippen molar-refractivity contribution in [2.45, 2.75) is 48.5 Å². The maximum Gasteiger partial charge on any atom is 0.271 e. The first-order valence-corrected chi connectivity index (χ1v) is 12.1. The van der Waals surface area contributed by atoms with Crippen LogP contribution in [0.3, 0.4) is 0 Å². The summed E-state index contributed by atoms with van der Waals surface area (Å²) in [5, 5.41) is 8.03. The van der Waals surface area contributed by atoms with Gasteiger partial charge in [0.15, 0.2) is 0 Å². The number of aryl methyl sites for hydroxylation is 4. The Labute approximate surface area is 220 Å². The number of hydrazone groups is 2. The summed E-state index contributed by atoms with van der Waals surface area (Å²) in [7, 11) is 0. The summed E-state index contributed by atoms with van der Waals surface area (Å²) in [5.41, 5.74) is 13.6. The Bertz CT molecular complexity index is 1220. The van der Waals surface area contributed by atoms with E-state index in [1.54, 1.807) is 24.6 Å². The van der Waals surface area contributed by atoms with Crippen LogP contribution in [0.15, 0.2) is 82.5 Å². The first kappa shape index (κ1) is 28.9. The summed E-state index contributed by atoms with van der Waals surface area (Å²) in [4.78, 5) is 24.4. The average Bonchev–Trinajstić information content (AvgIpc) is 2.88. The van der Waals surface area contributed by atoms with Gasteiger partial charge in [0, 0.05) is 11.1 Å². The van der Waals surface area contributed by atoms with Gasteiger partial charge in [-0.15, -0.1) is 0 Å². The zero-order valence-electron chi connectivity index (χ0n) is 22.7. The molecule has 0 aliphatic carbocycles. The maximum atomic E-state index is 12.2. The smallest absolute Gasteiger partial charge is 0.267 e. The van der Waals surface area contributed by atoms with Crippen molar-refractivity contribution in [1.29, 1.82) is 0 Å². The number of amides is 2. The van der Waals surface area contributed by atoms with Gasteiger partial charge in [-0.05, 0) is 106 Å². The number of allylic oxidation sites excluding steroid dienone is 2.